The standard InChI is InChI=1S/C17H30N2O/c1-8-18-12(2)15-10-9-14(11-16(15)20)19(7)13(3)17(4,5)6/h9-13,18,20H,8H2,1-7H3. The van der Waals surface area contributed by atoms with E-state index in [0.717, 1.165) is 17.8 Å². The second kappa shape index (κ2) is 6.49. The molecule has 0 radical (unpaired) electrons. The summed E-state index contributed by atoms with van der Waals surface area (Å²) < 4.78 is 0. The van der Waals surface area contributed by atoms with Gasteiger partial charge in [-0.3, -0.25) is 0 Å². The monoisotopic (exact) mass is 278 g/mol. The maximum Gasteiger partial charge on any atom is 0.122 e. The van der Waals surface area contributed by atoms with Gasteiger partial charge in [-0.15, -0.1) is 0 Å². The lowest BCUT2D eigenvalue weighted by atomic mass is 9.87. The molecular formula is C17H30N2O. The van der Waals surface area contributed by atoms with Crippen molar-refractivity contribution in [2.75, 3.05) is 18.5 Å². The molecule has 114 valence electrons. The van der Waals surface area contributed by atoms with Crippen molar-refractivity contribution in [1.82, 2.24) is 5.32 Å². The van der Waals surface area contributed by atoms with E-state index in [2.05, 4.69) is 64.9 Å². The summed E-state index contributed by atoms with van der Waals surface area (Å²) in [5.74, 6) is 0.365. The molecule has 1 aromatic rings. The molecule has 0 aliphatic heterocycles. The van der Waals surface area contributed by atoms with Crippen LogP contribution in [-0.4, -0.2) is 24.7 Å². The summed E-state index contributed by atoms with van der Waals surface area (Å²) in [4.78, 5) is 2.22. The molecule has 0 spiro atoms. The van der Waals surface area contributed by atoms with Gasteiger partial charge in [0.1, 0.15) is 5.75 Å². The Labute approximate surface area is 124 Å². The molecule has 0 saturated carbocycles. The van der Waals surface area contributed by atoms with Crippen LogP contribution in [-0.2, 0) is 0 Å². The van der Waals surface area contributed by atoms with Crippen molar-refractivity contribution in [2.24, 2.45) is 5.41 Å². The van der Waals surface area contributed by atoms with Crippen LogP contribution in [0.15, 0.2) is 18.2 Å². The molecule has 0 fully saturated rings. The van der Waals surface area contributed by atoms with Crippen LogP contribution in [0.5, 0.6) is 5.75 Å². The molecule has 1 rings (SSSR count). The summed E-state index contributed by atoms with van der Waals surface area (Å²) in [7, 11) is 2.08. The molecule has 20 heavy (non-hydrogen) atoms. The van der Waals surface area contributed by atoms with Crippen molar-refractivity contribution in [2.45, 2.75) is 53.6 Å². The Kier molecular flexibility index (Phi) is 5.46. The summed E-state index contributed by atoms with van der Waals surface area (Å²) in [6, 6.07) is 6.53. The Hall–Kier alpha value is -1.22. The quantitative estimate of drug-likeness (QED) is 0.856. The second-order valence-electron chi connectivity index (χ2n) is 6.68. The van der Waals surface area contributed by atoms with Crippen LogP contribution in [0, 0.1) is 5.41 Å². The van der Waals surface area contributed by atoms with Gasteiger partial charge in [-0.05, 0) is 31.9 Å². The van der Waals surface area contributed by atoms with Crippen molar-refractivity contribution < 1.29 is 5.11 Å². The van der Waals surface area contributed by atoms with Crippen LogP contribution in [0.1, 0.15) is 53.1 Å². The van der Waals surface area contributed by atoms with Crippen molar-refractivity contribution in [3.63, 3.8) is 0 Å². The molecule has 0 aliphatic rings. The Bertz CT molecular complexity index is 437. The van der Waals surface area contributed by atoms with E-state index in [1.54, 1.807) is 0 Å². The highest BCUT2D eigenvalue weighted by Gasteiger charge is 2.24. The van der Waals surface area contributed by atoms with Crippen LogP contribution in [0.2, 0.25) is 0 Å². The van der Waals surface area contributed by atoms with E-state index in [9.17, 15) is 5.11 Å². The molecule has 2 unspecified atom stereocenters. The van der Waals surface area contributed by atoms with Gasteiger partial charge in [0.25, 0.3) is 0 Å². The first-order valence-electron chi connectivity index (χ1n) is 7.47. The molecule has 1 aromatic carbocycles. The first-order chi connectivity index (χ1) is 9.18. The zero-order valence-electron chi connectivity index (χ0n) is 14.0. The number of aromatic hydroxyl groups is 1. The molecule has 0 saturated heterocycles. The Morgan fingerprint density at radius 3 is 2.30 bits per heavy atom. The van der Waals surface area contributed by atoms with Gasteiger partial charge in [-0.2, -0.15) is 0 Å². The number of rotatable bonds is 5. The van der Waals surface area contributed by atoms with Gasteiger partial charge in [0.2, 0.25) is 0 Å². The van der Waals surface area contributed by atoms with E-state index in [-0.39, 0.29) is 11.5 Å². The zero-order valence-corrected chi connectivity index (χ0v) is 14.0. The number of anilines is 1. The van der Waals surface area contributed by atoms with E-state index in [1.807, 2.05) is 12.1 Å². The Balaban J connectivity index is 2.97. The summed E-state index contributed by atoms with van der Waals surface area (Å²) in [5, 5.41) is 13.6. The molecule has 0 aliphatic carbocycles. The number of nitrogens with zero attached hydrogens (tertiary/aromatic N) is 1. The molecule has 3 nitrogen and oxygen atoms in total. The Morgan fingerprint density at radius 1 is 1.25 bits per heavy atom. The third-order valence-corrected chi connectivity index (χ3v) is 4.23. The number of hydrogen-bond acceptors (Lipinski definition) is 3. The van der Waals surface area contributed by atoms with Gasteiger partial charge in [-0.1, -0.05) is 33.8 Å². The lowest BCUT2D eigenvalue weighted by Crippen LogP contribution is -2.39. The molecule has 2 atom stereocenters. The van der Waals surface area contributed by atoms with Crippen molar-refractivity contribution in [3.05, 3.63) is 23.8 Å². The number of benzene rings is 1. The fourth-order valence-corrected chi connectivity index (χ4v) is 2.34. The minimum Gasteiger partial charge on any atom is -0.508 e. The molecule has 0 bridgehead atoms. The maximum atomic E-state index is 10.3. The van der Waals surface area contributed by atoms with Gasteiger partial charge in [0.15, 0.2) is 0 Å². The number of hydrogen-bond donors (Lipinski definition) is 2. The molecule has 0 heterocycles. The van der Waals surface area contributed by atoms with Gasteiger partial charge >= 0.3 is 0 Å². The van der Waals surface area contributed by atoms with E-state index in [1.165, 1.54) is 0 Å². The van der Waals surface area contributed by atoms with Gasteiger partial charge < -0.3 is 15.3 Å². The molecule has 0 aromatic heterocycles. The zero-order chi connectivity index (χ0) is 15.5. The van der Waals surface area contributed by atoms with E-state index < -0.39 is 0 Å². The smallest absolute Gasteiger partial charge is 0.122 e. The average molecular weight is 278 g/mol. The number of phenols is 1. The van der Waals surface area contributed by atoms with Crippen LogP contribution in [0.3, 0.4) is 0 Å². The van der Waals surface area contributed by atoms with Gasteiger partial charge in [-0.25, -0.2) is 0 Å². The summed E-state index contributed by atoms with van der Waals surface area (Å²) in [6.45, 7) is 13.9. The highest BCUT2D eigenvalue weighted by Crippen LogP contribution is 2.32. The SMILES string of the molecule is CCNC(C)c1ccc(N(C)C(C)C(C)(C)C)cc1O. The normalized spacial score (nSPS) is 14.9. The van der Waals surface area contributed by atoms with Crippen LogP contribution >= 0.6 is 0 Å². The third kappa shape index (κ3) is 3.89. The number of phenolic OH excluding ortho intramolecular Hbond substituents is 1. The van der Waals surface area contributed by atoms with E-state index in [4.69, 9.17) is 0 Å². The Morgan fingerprint density at radius 2 is 1.85 bits per heavy atom. The van der Waals surface area contributed by atoms with Crippen molar-refractivity contribution >= 4 is 5.69 Å². The molecule has 3 heteroatoms. The predicted molar refractivity (Wildman–Crippen MR) is 87.5 cm³/mol. The van der Waals surface area contributed by atoms with Crippen molar-refractivity contribution in [3.8, 4) is 5.75 Å². The fourth-order valence-electron chi connectivity index (χ4n) is 2.34. The lowest BCUT2D eigenvalue weighted by molar-refractivity contribution is 0.329. The van der Waals surface area contributed by atoms with Crippen LogP contribution < -0.4 is 10.2 Å². The lowest BCUT2D eigenvalue weighted by Gasteiger charge is -2.37. The highest BCUT2D eigenvalue weighted by molar-refractivity contribution is 5.54. The first kappa shape index (κ1) is 16.8. The molecule has 0 amide bonds. The molecule has 2 N–H and O–H groups in total. The highest BCUT2D eigenvalue weighted by atomic mass is 16.3. The third-order valence-electron chi connectivity index (χ3n) is 4.23. The van der Waals surface area contributed by atoms with Gasteiger partial charge in [0.05, 0.1) is 0 Å². The minimum atomic E-state index is 0.166. The van der Waals surface area contributed by atoms with Crippen molar-refractivity contribution in [1.29, 1.82) is 0 Å². The summed E-state index contributed by atoms with van der Waals surface area (Å²) >= 11 is 0. The number of nitrogens with one attached hydrogen (secondary N) is 1. The van der Waals surface area contributed by atoms with E-state index in [0.29, 0.717) is 11.8 Å². The first-order valence-corrected chi connectivity index (χ1v) is 7.47. The van der Waals surface area contributed by atoms with E-state index >= 15 is 0 Å². The minimum absolute atomic E-state index is 0.166. The van der Waals surface area contributed by atoms with Gasteiger partial charge in [0, 0.05) is 36.4 Å². The maximum absolute atomic E-state index is 10.3. The second-order valence-corrected chi connectivity index (χ2v) is 6.68. The topological polar surface area (TPSA) is 35.5 Å². The summed E-state index contributed by atoms with van der Waals surface area (Å²) in [6.07, 6.45) is 0. The van der Waals surface area contributed by atoms with Crippen LogP contribution in [0.4, 0.5) is 5.69 Å². The molecular weight excluding hydrogens is 248 g/mol. The average Bonchev–Trinajstić information content (AvgIpc) is 2.35. The predicted octanol–water partition coefficient (Wildman–Crippen LogP) is 3.93. The summed E-state index contributed by atoms with van der Waals surface area (Å²) in [5.41, 5.74) is 2.20. The largest absolute Gasteiger partial charge is 0.508 e. The fraction of sp³-hybridized carbons (Fsp3) is 0.647. The van der Waals surface area contributed by atoms with Crippen LogP contribution in [0.25, 0.3) is 0 Å².